The van der Waals surface area contributed by atoms with E-state index in [0.29, 0.717) is 24.1 Å². The first-order chi connectivity index (χ1) is 8.27. The fourth-order valence-corrected chi connectivity index (χ4v) is 1.85. The zero-order valence-corrected chi connectivity index (χ0v) is 10.3. The van der Waals surface area contributed by atoms with Crippen LogP contribution in [0.3, 0.4) is 0 Å². The average molecular weight is 253 g/mol. The lowest BCUT2D eigenvalue weighted by molar-refractivity contribution is 0.0489. The normalized spacial score (nSPS) is 16.7. The lowest BCUT2D eigenvalue weighted by atomic mass is 10.0. The van der Waals surface area contributed by atoms with Crippen molar-refractivity contribution < 1.29 is 9.47 Å². The molecule has 17 heavy (non-hydrogen) atoms. The summed E-state index contributed by atoms with van der Waals surface area (Å²) in [4.78, 5) is 8.37. The number of hydrogen-bond donors (Lipinski definition) is 1. The van der Waals surface area contributed by atoms with E-state index in [-0.39, 0.29) is 4.99 Å². The summed E-state index contributed by atoms with van der Waals surface area (Å²) in [5, 5.41) is 0. The monoisotopic (exact) mass is 253 g/mol. The van der Waals surface area contributed by atoms with Crippen LogP contribution in [-0.2, 0) is 4.74 Å². The van der Waals surface area contributed by atoms with Crippen molar-refractivity contribution in [3.8, 4) is 5.88 Å². The van der Waals surface area contributed by atoms with E-state index in [1.165, 1.54) is 0 Å². The van der Waals surface area contributed by atoms with Crippen LogP contribution in [0.5, 0.6) is 5.88 Å². The van der Waals surface area contributed by atoms with Crippen molar-refractivity contribution in [1.29, 1.82) is 0 Å². The minimum absolute atomic E-state index is 0.208. The molecule has 1 aliphatic heterocycles. The van der Waals surface area contributed by atoms with Crippen molar-refractivity contribution in [2.75, 3.05) is 19.8 Å². The van der Waals surface area contributed by atoms with E-state index in [9.17, 15) is 0 Å². The Kier molecular flexibility index (Phi) is 4.22. The van der Waals surface area contributed by atoms with Crippen molar-refractivity contribution in [2.45, 2.75) is 12.8 Å². The molecule has 6 heteroatoms. The third kappa shape index (κ3) is 3.34. The highest BCUT2D eigenvalue weighted by Crippen LogP contribution is 2.18. The third-order valence-electron chi connectivity index (χ3n) is 2.69. The summed E-state index contributed by atoms with van der Waals surface area (Å²) < 4.78 is 10.9. The van der Waals surface area contributed by atoms with Crippen molar-refractivity contribution in [1.82, 2.24) is 9.97 Å². The molecule has 1 aromatic rings. The van der Waals surface area contributed by atoms with E-state index in [1.54, 1.807) is 12.4 Å². The van der Waals surface area contributed by atoms with Gasteiger partial charge in [0.25, 0.3) is 0 Å². The van der Waals surface area contributed by atoms with E-state index >= 15 is 0 Å². The van der Waals surface area contributed by atoms with Gasteiger partial charge in [-0.3, -0.25) is 0 Å². The standard InChI is InChI=1S/C11H15N3O2S/c12-10(17)9-11(14-4-3-13-9)16-7-8-1-5-15-6-2-8/h3-4,8H,1-2,5-7H2,(H2,12,17). The molecule has 92 valence electrons. The quantitative estimate of drug-likeness (QED) is 0.804. The molecule has 1 saturated heterocycles. The predicted octanol–water partition coefficient (Wildman–Crippen LogP) is 0.916. The Labute approximate surface area is 105 Å². The van der Waals surface area contributed by atoms with Crippen LogP contribution in [0.4, 0.5) is 0 Å². The molecule has 2 rings (SSSR count). The van der Waals surface area contributed by atoms with Gasteiger partial charge in [0.1, 0.15) is 4.99 Å². The fourth-order valence-electron chi connectivity index (χ4n) is 1.71. The number of rotatable bonds is 4. The van der Waals surface area contributed by atoms with Crippen LogP contribution in [-0.4, -0.2) is 34.8 Å². The van der Waals surface area contributed by atoms with Gasteiger partial charge in [0, 0.05) is 25.6 Å². The van der Waals surface area contributed by atoms with Gasteiger partial charge >= 0.3 is 0 Å². The van der Waals surface area contributed by atoms with E-state index in [0.717, 1.165) is 26.1 Å². The highest BCUT2D eigenvalue weighted by atomic mass is 32.1. The second-order valence-electron chi connectivity index (χ2n) is 3.94. The molecule has 5 nitrogen and oxygen atoms in total. The van der Waals surface area contributed by atoms with Gasteiger partial charge in [-0.1, -0.05) is 12.2 Å². The highest BCUT2D eigenvalue weighted by Gasteiger charge is 2.16. The van der Waals surface area contributed by atoms with Gasteiger partial charge in [0.15, 0.2) is 5.69 Å². The number of ether oxygens (including phenoxy) is 2. The molecule has 1 aliphatic rings. The molecule has 0 radical (unpaired) electrons. The molecule has 0 amide bonds. The Bertz CT molecular complexity index is 394. The van der Waals surface area contributed by atoms with Crippen molar-refractivity contribution in [3.63, 3.8) is 0 Å². The van der Waals surface area contributed by atoms with Crippen molar-refractivity contribution in [2.24, 2.45) is 11.7 Å². The number of nitrogens with zero attached hydrogens (tertiary/aromatic N) is 2. The molecule has 1 fully saturated rings. The van der Waals surface area contributed by atoms with Crippen LogP contribution in [0.15, 0.2) is 12.4 Å². The molecular formula is C11H15N3O2S. The molecule has 2 heterocycles. The Morgan fingerprint density at radius 1 is 1.41 bits per heavy atom. The third-order valence-corrected chi connectivity index (χ3v) is 2.89. The maximum Gasteiger partial charge on any atom is 0.243 e. The molecule has 0 atom stereocenters. The van der Waals surface area contributed by atoms with E-state index in [1.807, 2.05) is 0 Å². The Balaban J connectivity index is 1.96. The summed E-state index contributed by atoms with van der Waals surface area (Å²) in [6.07, 6.45) is 5.15. The maximum absolute atomic E-state index is 5.64. The van der Waals surface area contributed by atoms with Gasteiger partial charge < -0.3 is 15.2 Å². The Morgan fingerprint density at radius 2 is 2.12 bits per heavy atom. The van der Waals surface area contributed by atoms with Gasteiger partial charge in [-0.15, -0.1) is 0 Å². The van der Waals surface area contributed by atoms with E-state index < -0.39 is 0 Å². The van der Waals surface area contributed by atoms with Gasteiger partial charge in [-0.05, 0) is 18.8 Å². The SMILES string of the molecule is NC(=S)c1nccnc1OCC1CCOCC1. The van der Waals surface area contributed by atoms with Crippen LogP contribution >= 0.6 is 12.2 Å². The zero-order valence-electron chi connectivity index (χ0n) is 9.46. The molecule has 1 aromatic heterocycles. The molecule has 2 N–H and O–H groups in total. The summed E-state index contributed by atoms with van der Waals surface area (Å²) >= 11 is 4.90. The molecular weight excluding hydrogens is 238 g/mol. The summed E-state index contributed by atoms with van der Waals surface area (Å²) in [6.45, 7) is 2.21. The van der Waals surface area contributed by atoms with E-state index in [4.69, 9.17) is 27.4 Å². The van der Waals surface area contributed by atoms with E-state index in [2.05, 4.69) is 9.97 Å². The first-order valence-corrected chi connectivity index (χ1v) is 5.99. The molecule has 0 unspecified atom stereocenters. The highest BCUT2D eigenvalue weighted by molar-refractivity contribution is 7.80. The van der Waals surface area contributed by atoms with Gasteiger partial charge in [-0.25, -0.2) is 9.97 Å². The number of aromatic nitrogens is 2. The van der Waals surface area contributed by atoms with Crippen LogP contribution < -0.4 is 10.5 Å². The first-order valence-electron chi connectivity index (χ1n) is 5.58. The minimum atomic E-state index is 0.208. The van der Waals surface area contributed by atoms with Crippen LogP contribution in [0.2, 0.25) is 0 Å². The first kappa shape index (κ1) is 12.2. The summed E-state index contributed by atoms with van der Waals surface area (Å²) in [6, 6.07) is 0. The number of thiocarbonyl (C=S) groups is 1. The second-order valence-corrected chi connectivity index (χ2v) is 4.38. The van der Waals surface area contributed by atoms with Gasteiger partial charge in [-0.2, -0.15) is 0 Å². The molecule has 0 aromatic carbocycles. The summed E-state index contributed by atoms with van der Waals surface area (Å²) in [7, 11) is 0. The fraction of sp³-hybridized carbons (Fsp3) is 0.545. The molecule has 0 saturated carbocycles. The smallest absolute Gasteiger partial charge is 0.243 e. The summed E-state index contributed by atoms with van der Waals surface area (Å²) in [5.74, 6) is 0.927. The lowest BCUT2D eigenvalue weighted by Crippen LogP contribution is -2.23. The maximum atomic E-state index is 5.64. The van der Waals surface area contributed by atoms with Crippen LogP contribution in [0.1, 0.15) is 18.5 Å². The van der Waals surface area contributed by atoms with Crippen LogP contribution in [0.25, 0.3) is 0 Å². The van der Waals surface area contributed by atoms with Crippen molar-refractivity contribution in [3.05, 3.63) is 18.1 Å². The Hall–Kier alpha value is -1.27. The Morgan fingerprint density at radius 3 is 2.82 bits per heavy atom. The molecule has 0 aliphatic carbocycles. The van der Waals surface area contributed by atoms with Gasteiger partial charge in [0.05, 0.1) is 6.61 Å². The topological polar surface area (TPSA) is 70.3 Å². The molecule has 0 bridgehead atoms. The van der Waals surface area contributed by atoms with Crippen LogP contribution in [0, 0.1) is 5.92 Å². The van der Waals surface area contributed by atoms with Crippen molar-refractivity contribution >= 4 is 17.2 Å². The molecule has 0 spiro atoms. The second kappa shape index (κ2) is 5.88. The summed E-state index contributed by atoms with van der Waals surface area (Å²) in [5.41, 5.74) is 6.01. The number of hydrogen-bond acceptors (Lipinski definition) is 5. The van der Waals surface area contributed by atoms with Gasteiger partial charge in [0.2, 0.25) is 5.88 Å². The number of nitrogens with two attached hydrogens (primary N) is 1. The largest absolute Gasteiger partial charge is 0.476 e. The predicted molar refractivity (Wildman–Crippen MR) is 67.0 cm³/mol. The lowest BCUT2D eigenvalue weighted by Gasteiger charge is -2.22. The average Bonchev–Trinajstić information content (AvgIpc) is 2.38. The zero-order chi connectivity index (χ0) is 12.1. The minimum Gasteiger partial charge on any atom is -0.476 e.